The number of primary amides is 1. The monoisotopic (exact) mass is 238 g/mol. The van der Waals surface area contributed by atoms with Gasteiger partial charge in [0.15, 0.2) is 5.69 Å². The standard InChI is InChI=1S/C10H11ClN4O/c1-5(2)15-7-3-8(11)13-4-6(7)9(14-15)10(12)16/h3-5H,1-2H3,(H2,12,16). The highest BCUT2D eigenvalue weighted by molar-refractivity contribution is 6.30. The van der Waals surface area contributed by atoms with E-state index in [0.717, 1.165) is 5.52 Å². The summed E-state index contributed by atoms with van der Waals surface area (Å²) >= 11 is 5.82. The Bertz CT molecular complexity index is 561. The lowest BCUT2D eigenvalue weighted by atomic mass is 10.2. The van der Waals surface area contributed by atoms with Crippen molar-refractivity contribution in [2.45, 2.75) is 19.9 Å². The van der Waals surface area contributed by atoms with Gasteiger partial charge >= 0.3 is 0 Å². The van der Waals surface area contributed by atoms with E-state index < -0.39 is 5.91 Å². The number of hydrogen-bond donors (Lipinski definition) is 1. The van der Waals surface area contributed by atoms with Crippen molar-refractivity contribution in [2.75, 3.05) is 0 Å². The number of nitrogens with zero attached hydrogens (tertiary/aromatic N) is 3. The van der Waals surface area contributed by atoms with Gasteiger partial charge in [0.1, 0.15) is 5.15 Å². The van der Waals surface area contributed by atoms with Gasteiger partial charge in [-0.3, -0.25) is 9.48 Å². The maximum atomic E-state index is 11.2. The first-order valence-electron chi connectivity index (χ1n) is 4.84. The highest BCUT2D eigenvalue weighted by Gasteiger charge is 2.16. The zero-order valence-corrected chi connectivity index (χ0v) is 9.69. The first-order chi connectivity index (χ1) is 7.50. The third-order valence-electron chi connectivity index (χ3n) is 2.28. The molecular weight excluding hydrogens is 228 g/mol. The Balaban J connectivity index is 2.81. The second kappa shape index (κ2) is 3.75. The van der Waals surface area contributed by atoms with Gasteiger partial charge in [0, 0.05) is 18.3 Å². The van der Waals surface area contributed by atoms with E-state index in [4.69, 9.17) is 17.3 Å². The number of amides is 1. The molecule has 16 heavy (non-hydrogen) atoms. The lowest BCUT2D eigenvalue weighted by Gasteiger charge is -2.06. The van der Waals surface area contributed by atoms with Crippen LogP contribution in [0.15, 0.2) is 12.3 Å². The summed E-state index contributed by atoms with van der Waals surface area (Å²) in [5.41, 5.74) is 6.25. The molecule has 0 saturated heterocycles. The number of pyridine rings is 1. The molecule has 0 atom stereocenters. The first-order valence-corrected chi connectivity index (χ1v) is 5.22. The lowest BCUT2D eigenvalue weighted by Crippen LogP contribution is -2.13. The third-order valence-corrected chi connectivity index (χ3v) is 2.49. The SMILES string of the molecule is CC(C)n1nc(C(N)=O)c2cnc(Cl)cc21. The molecule has 2 N–H and O–H groups in total. The predicted octanol–water partition coefficient (Wildman–Crippen LogP) is 1.76. The molecule has 2 heterocycles. The molecule has 0 unspecified atom stereocenters. The highest BCUT2D eigenvalue weighted by Crippen LogP contribution is 2.23. The summed E-state index contributed by atoms with van der Waals surface area (Å²) < 4.78 is 1.71. The van der Waals surface area contributed by atoms with Crippen LogP contribution in [0.5, 0.6) is 0 Å². The molecule has 0 aliphatic carbocycles. The molecule has 0 saturated carbocycles. The number of hydrogen-bond acceptors (Lipinski definition) is 3. The van der Waals surface area contributed by atoms with Crippen LogP contribution in [0.3, 0.4) is 0 Å². The Labute approximate surface area is 97.2 Å². The van der Waals surface area contributed by atoms with Crippen molar-refractivity contribution in [3.05, 3.63) is 23.1 Å². The van der Waals surface area contributed by atoms with Crippen LogP contribution < -0.4 is 5.73 Å². The number of halogens is 1. The molecule has 0 aliphatic heterocycles. The van der Waals surface area contributed by atoms with E-state index >= 15 is 0 Å². The van der Waals surface area contributed by atoms with E-state index in [1.807, 2.05) is 13.8 Å². The number of nitrogens with two attached hydrogens (primary N) is 1. The second-order valence-electron chi connectivity index (χ2n) is 3.78. The molecule has 2 rings (SSSR count). The van der Waals surface area contributed by atoms with Gasteiger partial charge in [-0.15, -0.1) is 0 Å². The van der Waals surface area contributed by atoms with Gasteiger partial charge in [0.25, 0.3) is 5.91 Å². The van der Waals surface area contributed by atoms with E-state index in [0.29, 0.717) is 10.5 Å². The average molecular weight is 239 g/mol. The quantitative estimate of drug-likeness (QED) is 0.811. The summed E-state index contributed by atoms with van der Waals surface area (Å²) in [7, 11) is 0. The number of carbonyl (C=O) groups excluding carboxylic acids is 1. The maximum Gasteiger partial charge on any atom is 0.269 e. The van der Waals surface area contributed by atoms with E-state index in [1.165, 1.54) is 6.20 Å². The first kappa shape index (κ1) is 10.9. The van der Waals surface area contributed by atoms with E-state index in [2.05, 4.69) is 10.1 Å². The summed E-state index contributed by atoms with van der Waals surface area (Å²) in [6, 6.07) is 1.80. The molecule has 5 nitrogen and oxygen atoms in total. The van der Waals surface area contributed by atoms with Gasteiger partial charge in [-0.05, 0) is 13.8 Å². The van der Waals surface area contributed by atoms with Crippen LogP contribution >= 0.6 is 11.6 Å². The molecule has 2 aromatic rings. The molecule has 84 valence electrons. The van der Waals surface area contributed by atoms with Crippen molar-refractivity contribution in [1.29, 1.82) is 0 Å². The largest absolute Gasteiger partial charge is 0.364 e. The Morgan fingerprint density at radius 2 is 2.25 bits per heavy atom. The number of aromatic nitrogens is 3. The Hall–Kier alpha value is -1.62. The lowest BCUT2D eigenvalue weighted by molar-refractivity contribution is 0.0996. The van der Waals surface area contributed by atoms with Gasteiger partial charge in [0.2, 0.25) is 0 Å². The minimum absolute atomic E-state index is 0.120. The van der Waals surface area contributed by atoms with Crippen LogP contribution in [0.25, 0.3) is 10.9 Å². The number of rotatable bonds is 2. The van der Waals surface area contributed by atoms with Gasteiger partial charge in [-0.2, -0.15) is 5.10 Å². The van der Waals surface area contributed by atoms with Crippen molar-refractivity contribution in [2.24, 2.45) is 5.73 Å². The number of carbonyl (C=O) groups is 1. The second-order valence-corrected chi connectivity index (χ2v) is 4.16. The fourth-order valence-electron chi connectivity index (χ4n) is 1.58. The van der Waals surface area contributed by atoms with Crippen LogP contribution in [0.1, 0.15) is 30.4 Å². The van der Waals surface area contributed by atoms with Crippen LogP contribution in [0.2, 0.25) is 5.15 Å². The maximum absolute atomic E-state index is 11.2. The summed E-state index contributed by atoms with van der Waals surface area (Å²) in [5, 5.41) is 5.17. The molecule has 6 heteroatoms. The van der Waals surface area contributed by atoms with Crippen molar-refractivity contribution in [1.82, 2.24) is 14.8 Å². The Morgan fingerprint density at radius 1 is 1.56 bits per heavy atom. The molecule has 0 fully saturated rings. The molecule has 0 bridgehead atoms. The Morgan fingerprint density at radius 3 is 2.81 bits per heavy atom. The van der Waals surface area contributed by atoms with Crippen LogP contribution in [0, 0.1) is 0 Å². The van der Waals surface area contributed by atoms with Gasteiger partial charge in [-0.1, -0.05) is 11.6 Å². The van der Waals surface area contributed by atoms with Crippen molar-refractivity contribution < 1.29 is 4.79 Å². The minimum Gasteiger partial charge on any atom is -0.364 e. The molecule has 2 aromatic heterocycles. The molecule has 0 spiro atoms. The van der Waals surface area contributed by atoms with E-state index in [1.54, 1.807) is 10.7 Å². The number of fused-ring (bicyclic) bond motifs is 1. The molecule has 0 aliphatic rings. The van der Waals surface area contributed by atoms with Crippen LogP contribution in [-0.2, 0) is 0 Å². The zero-order chi connectivity index (χ0) is 11.9. The van der Waals surface area contributed by atoms with Crippen LogP contribution in [-0.4, -0.2) is 20.7 Å². The van der Waals surface area contributed by atoms with Crippen molar-refractivity contribution >= 4 is 28.4 Å². The zero-order valence-electron chi connectivity index (χ0n) is 8.94. The van der Waals surface area contributed by atoms with Crippen molar-refractivity contribution in [3.8, 4) is 0 Å². The topological polar surface area (TPSA) is 73.8 Å². The highest BCUT2D eigenvalue weighted by atomic mass is 35.5. The van der Waals surface area contributed by atoms with Gasteiger partial charge in [0.05, 0.1) is 10.9 Å². The van der Waals surface area contributed by atoms with Crippen LogP contribution in [0.4, 0.5) is 0 Å². The molecular formula is C10H11ClN4O. The summed E-state index contributed by atoms with van der Waals surface area (Å²) in [4.78, 5) is 15.1. The molecule has 0 radical (unpaired) electrons. The van der Waals surface area contributed by atoms with E-state index in [9.17, 15) is 4.79 Å². The smallest absolute Gasteiger partial charge is 0.269 e. The van der Waals surface area contributed by atoms with E-state index in [-0.39, 0.29) is 11.7 Å². The summed E-state index contributed by atoms with van der Waals surface area (Å²) in [5.74, 6) is -0.562. The summed E-state index contributed by atoms with van der Waals surface area (Å²) in [6.07, 6.45) is 1.52. The van der Waals surface area contributed by atoms with Gasteiger partial charge in [-0.25, -0.2) is 4.98 Å². The fourth-order valence-corrected chi connectivity index (χ4v) is 1.74. The average Bonchev–Trinajstić information content (AvgIpc) is 2.56. The normalized spacial score (nSPS) is 11.2. The fraction of sp³-hybridized carbons (Fsp3) is 0.300. The van der Waals surface area contributed by atoms with Crippen molar-refractivity contribution in [3.63, 3.8) is 0 Å². The summed E-state index contributed by atoms with van der Waals surface area (Å²) in [6.45, 7) is 3.93. The third kappa shape index (κ3) is 1.63. The Kier molecular flexibility index (Phi) is 2.55. The molecule has 1 amide bonds. The van der Waals surface area contributed by atoms with Gasteiger partial charge < -0.3 is 5.73 Å². The minimum atomic E-state index is -0.562. The predicted molar refractivity (Wildman–Crippen MR) is 61.4 cm³/mol. The molecule has 0 aromatic carbocycles.